The van der Waals surface area contributed by atoms with Crippen molar-refractivity contribution in [2.24, 2.45) is 4.99 Å². The molecule has 0 saturated carbocycles. The number of quaternary nitrogens is 1. The fourth-order valence-electron chi connectivity index (χ4n) is 3.73. The molecule has 10 nitrogen and oxygen atoms in total. The number of urea groups is 1. The van der Waals surface area contributed by atoms with E-state index in [0.717, 1.165) is 11.0 Å². The summed E-state index contributed by atoms with van der Waals surface area (Å²) in [5, 5.41) is 24.6. The minimum absolute atomic E-state index is 0.0590. The van der Waals surface area contributed by atoms with E-state index < -0.39 is 35.3 Å². The fourth-order valence-corrected chi connectivity index (χ4v) is 3.73. The summed E-state index contributed by atoms with van der Waals surface area (Å²) in [5.41, 5.74) is -0.319. The molecule has 2 aromatic heterocycles. The third kappa shape index (κ3) is 3.96. The van der Waals surface area contributed by atoms with Crippen molar-refractivity contribution in [3.63, 3.8) is 0 Å². The maximum absolute atomic E-state index is 13.1. The monoisotopic (exact) mass is 438 g/mol. The zero-order valence-electron chi connectivity index (χ0n) is 15.9. The molecule has 2 atom stereocenters. The molecule has 0 radical (unpaired) electrons. The van der Waals surface area contributed by atoms with Gasteiger partial charge in [0.1, 0.15) is 18.8 Å². The lowest BCUT2D eigenvalue weighted by Gasteiger charge is -2.43. The lowest BCUT2D eigenvalue weighted by atomic mass is 10.1. The minimum atomic E-state index is -4.60. The molecule has 4 heterocycles. The number of hydrogen-bond donors (Lipinski definition) is 2. The standard InChI is InChI=1S/C18H17F3N6O4/c19-18(20,21)10-22-16(28)12-4-5-13-15(23-12)26(11-6-8-27(13,31)9-11)17(29)24-14-3-1-2-7-25(14)30/h1-5,7,11,30H,6,8-10H2,(H,22,28)/t11-,27?/m0/s1. The number of rotatable bonds is 2. The van der Waals surface area contributed by atoms with Crippen molar-refractivity contribution in [3.05, 3.63) is 52.9 Å². The van der Waals surface area contributed by atoms with E-state index in [0.29, 0.717) is 11.2 Å². The van der Waals surface area contributed by atoms with E-state index in [1.54, 1.807) is 11.4 Å². The Kier molecular flexibility index (Phi) is 4.94. The maximum Gasteiger partial charge on any atom is 0.405 e. The van der Waals surface area contributed by atoms with Crippen molar-refractivity contribution in [1.82, 2.24) is 19.7 Å². The van der Waals surface area contributed by atoms with Gasteiger partial charge in [0.05, 0.1) is 12.6 Å². The van der Waals surface area contributed by atoms with E-state index in [1.165, 1.54) is 24.4 Å². The first-order chi connectivity index (χ1) is 14.6. The topological polar surface area (TPSA) is 123 Å². The quantitative estimate of drug-likeness (QED) is 0.418. The Morgan fingerprint density at radius 1 is 1.32 bits per heavy atom. The molecule has 2 aliphatic heterocycles. The summed E-state index contributed by atoms with van der Waals surface area (Å²) < 4.78 is 37.1. The first-order valence-corrected chi connectivity index (χ1v) is 9.27. The number of amides is 3. The van der Waals surface area contributed by atoms with Gasteiger partial charge in [-0.25, -0.2) is 9.78 Å². The molecule has 2 aliphatic rings. The number of fused-ring (bicyclic) bond motifs is 4. The number of anilines is 1. The van der Waals surface area contributed by atoms with Crippen LogP contribution < -0.4 is 20.4 Å². The summed E-state index contributed by atoms with van der Waals surface area (Å²) in [6.45, 7) is -1.31. The van der Waals surface area contributed by atoms with Crippen molar-refractivity contribution in [2.45, 2.75) is 18.6 Å². The van der Waals surface area contributed by atoms with Crippen LogP contribution in [-0.4, -0.2) is 58.7 Å². The van der Waals surface area contributed by atoms with E-state index >= 15 is 0 Å². The highest BCUT2D eigenvalue weighted by atomic mass is 19.4. The summed E-state index contributed by atoms with van der Waals surface area (Å²) in [5.74, 6) is -1.22. The zero-order chi connectivity index (χ0) is 22.4. The van der Waals surface area contributed by atoms with Crippen molar-refractivity contribution >= 4 is 23.4 Å². The summed E-state index contributed by atoms with van der Waals surface area (Å²) in [6.07, 6.45) is -2.98. The first-order valence-electron chi connectivity index (χ1n) is 9.27. The minimum Gasteiger partial charge on any atom is -0.627 e. The third-order valence-electron chi connectivity index (χ3n) is 5.13. The molecule has 4 rings (SSSR count). The molecule has 2 aromatic rings. The van der Waals surface area contributed by atoms with Gasteiger partial charge in [-0.15, -0.1) is 0 Å². The summed E-state index contributed by atoms with van der Waals surface area (Å²) in [4.78, 5) is 34.1. The number of hydroxylamine groups is 2. The normalized spacial score (nSPS) is 22.9. The number of nitrogens with zero attached hydrogens (tertiary/aromatic N) is 5. The average Bonchev–Trinajstić information content (AvgIpc) is 3.05. The fraction of sp³-hybridized carbons (Fsp3) is 0.333. The lowest BCUT2D eigenvalue weighted by molar-refractivity contribution is -0.123. The van der Waals surface area contributed by atoms with Crippen LogP contribution in [0, 0.1) is 5.21 Å². The van der Waals surface area contributed by atoms with Gasteiger partial charge < -0.3 is 20.4 Å². The molecule has 2 bridgehead atoms. The largest absolute Gasteiger partial charge is 0.627 e. The molecule has 31 heavy (non-hydrogen) atoms. The van der Waals surface area contributed by atoms with E-state index in [9.17, 15) is 33.2 Å². The van der Waals surface area contributed by atoms with Gasteiger partial charge in [0, 0.05) is 18.7 Å². The van der Waals surface area contributed by atoms with Crippen LogP contribution in [-0.2, 0) is 0 Å². The van der Waals surface area contributed by atoms with Gasteiger partial charge in [-0.1, -0.05) is 6.07 Å². The molecular formula is C18H17F3N6O4. The molecule has 0 spiro atoms. The van der Waals surface area contributed by atoms with Crippen LogP contribution in [0.5, 0.6) is 0 Å². The number of hydrogen-bond acceptors (Lipinski definition) is 5. The molecular weight excluding hydrogens is 421 g/mol. The Bertz CT molecular complexity index is 1120. The van der Waals surface area contributed by atoms with Crippen LogP contribution in [0.3, 0.4) is 0 Å². The molecule has 1 unspecified atom stereocenters. The Balaban J connectivity index is 1.73. The lowest BCUT2D eigenvalue weighted by Crippen LogP contribution is -2.52. The SMILES string of the molecule is O=C(NCC(F)(F)F)c1ccc2c(n1)N(C(=O)N=c1ccccn1O)[C@H]1CC[N+]2([O-])C1. The molecule has 0 aromatic carbocycles. The molecule has 1 fully saturated rings. The van der Waals surface area contributed by atoms with Crippen molar-refractivity contribution in [2.75, 3.05) is 24.5 Å². The number of pyridine rings is 2. The number of carbonyl (C=O) groups is 2. The first kappa shape index (κ1) is 20.8. The third-order valence-corrected chi connectivity index (χ3v) is 5.13. The molecule has 0 aliphatic carbocycles. The Morgan fingerprint density at radius 2 is 2.10 bits per heavy atom. The van der Waals surface area contributed by atoms with Crippen LogP contribution in [0.25, 0.3) is 0 Å². The number of aromatic nitrogens is 2. The molecule has 3 amide bonds. The highest BCUT2D eigenvalue weighted by Crippen LogP contribution is 2.43. The van der Waals surface area contributed by atoms with Crippen molar-refractivity contribution < 1.29 is 28.0 Å². The van der Waals surface area contributed by atoms with Gasteiger partial charge in [0.25, 0.3) is 5.91 Å². The van der Waals surface area contributed by atoms with Gasteiger partial charge in [-0.3, -0.25) is 9.69 Å². The average molecular weight is 438 g/mol. The summed E-state index contributed by atoms with van der Waals surface area (Å²) in [6, 6.07) is 5.53. The van der Waals surface area contributed by atoms with Gasteiger partial charge >= 0.3 is 12.2 Å². The second-order valence-electron chi connectivity index (χ2n) is 7.24. The highest BCUT2D eigenvalue weighted by Gasteiger charge is 2.48. The highest BCUT2D eigenvalue weighted by molar-refractivity contribution is 5.99. The molecule has 13 heteroatoms. The Morgan fingerprint density at radius 3 is 2.81 bits per heavy atom. The van der Waals surface area contributed by atoms with Crippen molar-refractivity contribution in [3.8, 4) is 0 Å². The number of halogens is 3. The Hall–Kier alpha value is -3.45. The van der Waals surface area contributed by atoms with Gasteiger partial charge in [0.2, 0.25) is 5.82 Å². The van der Waals surface area contributed by atoms with E-state index in [4.69, 9.17) is 0 Å². The van der Waals surface area contributed by atoms with Crippen LogP contribution in [0.15, 0.2) is 41.5 Å². The number of alkyl halides is 3. The van der Waals surface area contributed by atoms with E-state index in [2.05, 4.69) is 9.98 Å². The zero-order valence-corrected chi connectivity index (χ0v) is 15.9. The predicted octanol–water partition coefficient (Wildman–Crippen LogP) is 1.53. The van der Waals surface area contributed by atoms with Gasteiger partial charge in [0.15, 0.2) is 11.2 Å². The second kappa shape index (κ2) is 7.35. The number of carbonyl (C=O) groups excluding carboxylic acids is 2. The van der Waals surface area contributed by atoms with E-state index in [-0.39, 0.29) is 35.8 Å². The second-order valence-corrected chi connectivity index (χ2v) is 7.24. The number of nitrogens with one attached hydrogen (secondary N) is 1. The molecule has 1 saturated heterocycles. The van der Waals surface area contributed by atoms with Crippen LogP contribution >= 0.6 is 0 Å². The molecule has 2 N–H and O–H groups in total. The maximum atomic E-state index is 13.1. The molecule has 164 valence electrons. The van der Waals surface area contributed by atoms with Crippen LogP contribution in [0.1, 0.15) is 16.9 Å². The smallest absolute Gasteiger partial charge is 0.405 e. The van der Waals surface area contributed by atoms with Crippen molar-refractivity contribution in [1.29, 1.82) is 0 Å². The van der Waals surface area contributed by atoms with Gasteiger partial charge in [-0.05, 0) is 18.2 Å². The summed E-state index contributed by atoms with van der Waals surface area (Å²) in [7, 11) is 0. The predicted molar refractivity (Wildman–Crippen MR) is 101 cm³/mol. The van der Waals surface area contributed by atoms with Crippen LogP contribution in [0.4, 0.5) is 29.5 Å². The van der Waals surface area contributed by atoms with Gasteiger partial charge in [-0.2, -0.15) is 22.9 Å². The van der Waals surface area contributed by atoms with Crippen LogP contribution in [0.2, 0.25) is 0 Å². The van der Waals surface area contributed by atoms with E-state index in [1.807, 2.05) is 0 Å². The summed E-state index contributed by atoms with van der Waals surface area (Å²) >= 11 is 0. The Labute approximate surface area is 173 Å².